The summed E-state index contributed by atoms with van der Waals surface area (Å²) in [5.74, 6) is -1.35. The van der Waals surface area contributed by atoms with Crippen molar-refractivity contribution in [2.45, 2.75) is 32.3 Å². The van der Waals surface area contributed by atoms with E-state index in [4.69, 9.17) is 16.3 Å². The number of benzene rings is 2. The van der Waals surface area contributed by atoms with Crippen LogP contribution in [0.5, 0.6) is 0 Å². The summed E-state index contributed by atoms with van der Waals surface area (Å²) >= 11 is 5.92. The maximum atomic E-state index is 13.8. The van der Waals surface area contributed by atoms with Crippen LogP contribution < -0.4 is 4.90 Å². The van der Waals surface area contributed by atoms with Gasteiger partial charge < -0.3 is 9.64 Å². The lowest BCUT2D eigenvalue weighted by Gasteiger charge is -2.22. The molecule has 1 heterocycles. The molecule has 1 aliphatic heterocycles. The van der Waals surface area contributed by atoms with Gasteiger partial charge in [-0.15, -0.1) is 0 Å². The molecule has 2 aromatic carbocycles. The summed E-state index contributed by atoms with van der Waals surface area (Å²) in [5.41, 5.74) is 0.465. The number of nitro groups is 1. The molecule has 2 aromatic rings. The number of esters is 1. The van der Waals surface area contributed by atoms with Gasteiger partial charge in [-0.1, -0.05) is 30.5 Å². The van der Waals surface area contributed by atoms with E-state index in [-0.39, 0.29) is 28.4 Å². The molecule has 0 aromatic heterocycles. The van der Waals surface area contributed by atoms with Crippen molar-refractivity contribution in [2.24, 2.45) is 0 Å². The van der Waals surface area contributed by atoms with Crippen molar-refractivity contribution in [3.8, 4) is 0 Å². The first-order valence-electron chi connectivity index (χ1n) is 9.11. The predicted octanol–water partition coefficient (Wildman–Crippen LogP) is 5.12. The Morgan fingerprint density at radius 3 is 2.54 bits per heavy atom. The summed E-state index contributed by atoms with van der Waals surface area (Å²) in [5, 5.41) is 11.7. The van der Waals surface area contributed by atoms with Gasteiger partial charge in [0.1, 0.15) is 18.1 Å². The van der Waals surface area contributed by atoms with Crippen molar-refractivity contribution in [3.63, 3.8) is 0 Å². The van der Waals surface area contributed by atoms with Crippen molar-refractivity contribution in [3.05, 3.63) is 68.5 Å². The summed E-state index contributed by atoms with van der Waals surface area (Å²) in [6.07, 6.45) is 4.16. The van der Waals surface area contributed by atoms with E-state index in [1.54, 1.807) is 6.07 Å². The number of halogens is 2. The van der Waals surface area contributed by atoms with Crippen molar-refractivity contribution in [2.75, 3.05) is 18.0 Å². The highest BCUT2D eigenvalue weighted by atomic mass is 35.5. The van der Waals surface area contributed by atoms with Crippen LogP contribution in [-0.4, -0.2) is 24.0 Å². The average Bonchev–Trinajstić information content (AvgIpc) is 2.96. The predicted molar refractivity (Wildman–Crippen MR) is 104 cm³/mol. The molecule has 1 aliphatic rings. The van der Waals surface area contributed by atoms with Crippen LogP contribution in [0.2, 0.25) is 5.02 Å². The van der Waals surface area contributed by atoms with Crippen LogP contribution in [0.1, 0.15) is 41.6 Å². The van der Waals surface area contributed by atoms with Crippen LogP contribution in [0.3, 0.4) is 0 Å². The maximum Gasteiger partial charge on any atom is 0.338 e. The number of carbonyl (C=O) groups excluding carboxylic acids is 1. The largest absolute Gasteiger partial charge is 0.457 e. The molecule has 0 N–H and O–H groups in total. The standard InChI is InChI=1S/C20H20ClFN2O4/c21-16-6-5-7-17(22)15(16)13-28-20(25)14-8-9-18(19(12-14)24(26)27)23-10-3-1-2-4-11-23/h5-9,12H,1-4,10-11,13H2. The van der Waals surface area contributed by atoms with Crippen molar-refractivity contribution >= 4 is 28.9 Å². The molecule has 0 amide bonds. The molecule has 0 spiro atoms. The molecule has 148 valence electrons. The van der Waals surface area contributed by atoms with Gasteiger partial charge in [0.05, 0.1) is 15.5 Å². The number of anilines is 1. The lowest BCUT2D eigenvalue weighted by atomic mass is 10.1. The average molecular weight is 407 g/mol. The molecule has 6 nitrogen and oxygen atoms in total. The number of hydrogen-bond donors (Lipinski definition) is 0. The van der Waals surface area contributed by atoms with Crippen LogP contribution in [0.4, 0.5) is 15.8 Å². The lowest BCUT2D eigenvalue weighted by Crippen LogP contribution is -2.24. The molecule has 1 fully saturated rings. The quantitative estimate of drug-likeness (QED) is 0.391. The lowest BCUT2D eigenvalue weighted by molar-refractivity contribution is -0.384. The third-order valence-corrected chi connectivity index (χ3v) is 5.12. The first-order chi connectivity index (χ1) is 13.5. The van der Waals surface area contributed by atoms with E-state index in [1.807, 2.05) is 4.90 Å². The van der Waals surface area contributed by atoms with Crippen molar-refractivity contribution < 1.29 is 18.8 Å². The van der Waals surface area contributed by atoms with E-state index in [2.05, 4.69) is 0 Å². The monoisotopic (exact) mass is 406 g/mol. The normalized spacial score (nSPS) is 14.4. The van der Waals surface area contributed by atoms with Gasteiger partial charge in [0.2, 0.25) is 0 Å². The summed E-state index contributed by atoms with van der Waals surface area (Å²) in [4.78, 5) is 25.4. The fourth-order valence-electron chi connectivity index (χ4n) is 3.27. The summed E-state index contributed by atoms with van der Waals surface area (Å²) < 4.78 is 18.9. The molecule has 0 aliphatic carbocycles. The van der Waals surface area contributed by atoms with Crippen molar-refractivity contribution in [1.29, 1.82) is 0 Å². The van der Waals surface area contributed by atoms with Gasteiger partial charge in [-0.3, -0.25) is 10.1 Å². The minimum absolute atomic E-state index is 0.0396. The Morgan fingerprint density at radius 1 is 1.18 bits per heavy atom. The fraction of sp³-hybridized carbons (Fsp3) is 0.350. The zero-order valence-electron chi connectivity index (χ0n) is 15.2. The maximum absolute atomic E-state index is 13.8. The topological polar surface area (TPSA) is 72.7 Å². The first-order valence-corrected chi connectivity index (χ1v) is 9.48. The third-order valence-electron chi connectivity index (χ3n) is 4.76. The number of ether oxygens (including phenoxy) is 1. The van der Waals surface area contributed by atoms with E-state index in [0.717, 1.165) is 38.8 Å². The minimum Gasteiger partial charge on any atom is -0.457 e. The highest BCUT2D eigenvalue weighted by molar-refractivity contribution is 6.31. The highest BCUT2D eigenvalue weighted by Crippen LogP contribution is 2.31. The Bertz CT molecular complexity index is 862. The number of nitrogens with zero attached hydrogens (tertiary/aromatic N) is 2. The van der Waals surface area contributed by atoms with E-state index in [0.29, 0.717) is 5.69 Å². The van der Waals surface area contributed by atoms with Gasteiger partial charge in [0, 0.05) is 24.7 Å². The Kier molecular flexibility index (Phi) is 6.46. The summed E-state index contributed by atoms with van der Waals surface area (Å²) in [6, 6.07) is 8.46. The van der Waals surface area contributed by atoms with Gasteiger partial charge in [-0.2, -0.15) is 0 Å². The Hall–Kier alpha value is -2.67. The van der Waals surface area contributed by atoms with E-state index >= 15 is 0 Å². The molecule has 3 rings (SSSR count). The molecule has 0 saturated carbocycles. The fourth-order valence-corrected chi connectivity index (χ4v) is 3.48. The molecular weight excluding hydrogens is 387 g/mol. The number of carbonyl (C=O) groups is 1. The highest BCUT2D eigenvalue weighted by Gasteiger charge is 2.23. The van der Waals surface area contributed by atoms with Crippen LogP contribution in [0.25, 0.3) is 0 Å². The second-order valence-electron chi connectivity index (χ2n) is 6.64. The zero-order chi connectivity index (χ0) is 20.1. The van der Waals surface area contributed by atoms with Gasteiger partial charge in [-0.05, 0) is 37.1 Å². The van der Waals surface area contributed by atoms with Gasteiger partial charge >= 0.3 is 5.97 Å². The van der Waals surface area contributed by atoms with Crippen LogP contribution >= 0.6 is 11.6 Å². The van der Waals surface area contributed by atoms with Crippen molar-refractivity contribution in [1.82, 2.24) is 0 Å². The molecule has 1 saturated heterocycles. The Morgan fingerprint density at radius 2 is 1.89 bits per heavy atom. The van der Waals surface area contributed by atoms with Gasteiger partial charge in [0.15, 0.2) is 0 Å². The molecular formula is C20H20ClFN2O4. The molecule has 0 unspecified atom stereocenters. The first kappa shape index (κ1) is 20.1. The SMILES string of the molecule is O=C(OCc1c(F)cccc1Cl)c1ccc(N2CCCCCC2)c([N+](=O)[O-])c1. The van der Waals surface area contributed by atoms with Crippen LogP contribution in [0.15, 0.2) is 36.4 Å². The molecule has 8 heteroatoms. The number of rotatable bonds is 5. The molecule has 28 heavy (non-hydrogen) atoms. The minimum atomic E-state index is -0.773. The van der Waals surface area contributed by atoms with Gasteiger partial charge in [0.25, 0.3) is 5.69 Å². The third kappa shape index (κ3) is 4.59. The van der Waals surface area contributed by atoms with E-state index in [1.165, 1.54) is 30.3 Å². The van der Waals surface area contributed by atoms with E-state index in [9.17, 15) is 19.3 Å². The van der Waals surface area contributed by atoms with Crippen LogP contribution in [0, 0.1) is 15.9 Å². The summed E-state index contributed by atoms with van der Waals surface area (Å²) in [6.45, 7) is 1.14. The molecule has 0 radical (unpaired) electrons. The van der Waals surface area contributed by atoms with E-state index < -0.39 is 16.7 Å². The van der Waals surface area contributed by atoms with Crippen LogP contribution in [-0.2, 0) is 11.3 Å². The zero-order valence-corrected chi connectivity index (χ0v) is 16.0. The second kappa shape index (κ2) is 9.01. The van der Waals surface area contributed by atoms with Gasteiger partial charge in [-0.25, -0.2) is 9.18 Å². The number of hydrogen-bond acceptors (Lipinski definition) is 5. The smallest absolute Gasteiger partial charge is 0.338 e. The second-order valence-corrected chi connectivity index (χ2v) is 7.05. The Labute approximate surface area is 167 Å². The number of nitro benzene ring substituents is 1. The molecule has 0 atom stereocenters. The molecule has 0 bridgehead atoms. The Balaban J connectivity index is 1.79. The summed E-state index contributed by atoms with van der Waals surface area (Å²) in [7, 11) is 0.